The van der Waals surface area contributed by atoms with Crippen molar-refractivity contribution in [1.29, 1.82) is 0 Å². The van der Waals surface area contributed by atoms with Crippen LogP contribution in [-0.2, 0) is 0 Å². The summed E-state index contributed by atoms with van der Waals surface area (Å²) in [5.41, 5.74) is 25.1. The molecule has 0 saturated carbocycles. The summed E-state index contributed by atoms with van der Waals surface area (Å²) in [5, 5.41) is 22.2. The van der Waals surface area contributed by atoms with Crippen molar-refractivity contribution in [1.82, 2.24) is 38.2 Å². The fourth-order valence-electron chi connectivity index (χ4n) is 18.4. The van der Waals surface area contributed by atoms with E-state index in [1.807, 2.05) is 54.6 Å². The van der Waals surface area contributed by atoms with Crippen LogP contribution in [0.5, 0.6) is 0 Å². The maximum Gasteiger partial charge on any atom is 0.0973 e. The minimum Gasteiger partial charge on any atom is -0.309 e. The first-order valence-corrected chi connectivity index (χ1v) is 39.6. The van der Waals surface area contributed by atoms with Crippen LogP contribution < -0.4 is 0 Å². The molecule has 19 aromatic carbocycles. The van der Waals surface area contributed by atoms with Crippen molar-refractivity contribution in [2.75, 3.05) is 0 Å². The molecule has 0 fully saturated rings. The van der Waals surface area contributed by atoms with Gasteiger partial charge in [0, 0.05) is 88.1 Å². The molecular formula is C108H66N8. The fourth-order valence-corrected chi connectivity index (χ4v) is 18.4. The molecule has 0 radical (unpaired) electrons. The molecule has 0 saturated heterocycles. The zero-order valence-corrected chi connectivity index (χ0v) is 62.7. The monoisotopic (exact) mass is 1470 g/mol. The number of hydrogen-bond donors (Lipinski definition) is 0. The molecule has 8 heteroatoms. The van der Waals surface area contributed by atoms with Crippen molar-refractivity contribution in [3.05, 3.63) is 400 Å². The molecule has 25 rings (SSSR count). The van der Waals surface area contributed by atoms with E-state index in [1.165, 1.54) is 130 Å². The third-order valence-corrected chi connectivity index (χ3v) is 23.8. The smallest absolute Gasteiger partial charge is 0.0973 e. The second-order valence-electron chi connectivity index (χ2n) is 30.5. The lowest BCUT2D eigenvalue weighted by molar-refractivity contribution is 1.17. The van der Waals surface area contributed by atoms with Crippen LogP contribution in [0, 0.1) is 0 Å². The van der Waals surface area contributed by atoms with E-state index in [1.54, 1.807) is 0 Å². The predicted octanol–water partition coefficient (Wildman–Crippen LogP) is 28.1. The molecule has 0 aliphatic heterocycles. The Bertz CT molecular complexity index is 8390. The summed E-state index contributed by atoms with van der Waals surface area (Å²) in [5.74, 6) is 0. The van der Waals surface area contributed by atoms with Crippen LogP contribution in [0.1, 0.15) is 0 Å². The minimum absolute atomic E-state index is 0.868. The van der Waals surface area contributed by atoms with E-state index in [-0.39, 0.29) is 0 Å². The molecule has 0 atom stereocenters. The molecule has 116 heavy (non-hydrogen) atoms. The Kier molecular flexibility index (Phi) is 14.6. The molecule has 0 aliphatic rings. The van der Waals surface area contributed by atoms with Gasteiger partial charge in [0.25, 0.3) is 0 Å². The summed E-state index contributed by atoms with van der Waals surface area (Å²) in [7, 11) is 0. The second-order valence-corrected chi connectivity index (χ2v) is 30.5. The van der Waals surface area contributed by atoms with E-state index < -0.39 is 0 Å². The van der Waals surface area contributed by atoms with E-state index in [4.69, 9.17) is 19.9 Å². The van der Waals surface area contributed by atoms with E-state index in [0.717, 1.165) is 101 Å². The van der Waals surface area contributed by atoms with Gasteiger partial charge in [-0.3, -0.25) is 0 Å². The fraction of sp³-hybridized carbons (Fsp3) is 0. The lowest BCUT2D eigenvalue weighted by Crippen LogP contribution is -1.97. The molecule has 6 aromatic heterocycles. The van der Waals surface area contributed by atoms with Gasteiger partial charge in [0.15, 0.2) is 0 Å². The van der Waals surface area contributed by atoms with E-state index >= 15 is 0 Å². The van der Waals surface area contributed by atoms with Gasteiger partial charge in [0.1, 0.15) is 0 Å². The average molecular weight is 1480 g/mol. The SMILES string of the molecule is c1ccc(-c2nc3ccccc3nc2-c2ccc(-n3c4ccc(-n5c6ccccc6c6cc7ccccc7cc65)cc4c4cc5ccccc5cc43)cc2)cc1.c1ccc2cc(-c3nc4ccccc4nc3-c3ccc(-n4c5ccc(-n6c7ccccc7c7cc8ccccc8cc76)cc5c5cc6ccccc6cc54)cc3)ccc2c1. The normalized spacial score (nSPS) is 12.0. The van der Waals surface area contributed by atoms with Gasteiger partial charge in [-0.2, -0.15) is 0 Å². The van der Waals surface area contributed by atoms with Crippen LogP contribution in [0.4, 0.5) is 0 Å². The maximum atomic E-state index is 5.25. The summed E-state index contributed by atoms with van der Waals surface area (Å²) in [4.78, 5) is 20.8. The van der Waals surface area contributed by atoms with Crippen molar-refractivity contribution < 1.29 is 0 Å². The third kappa shape index (κ3) is 10.5. The number of hydrogen-bond acceptors (Lipinski definition) is 4. The Labute approximate surface area is 665 Å². The molecular weight excluding hydrogens is 1410 g/mol. The molecule has 0 bridgehead atoms. The minimum atomic E-state index is 0.868. The third-order valence-electron chi connectivity index (χ3n) is 23.8. The van der Waals surface area contributed by atoms with Gasteiger partial charge >= 0.3 is 0 Å². The molecule has 0 unspecified atom stereocenters. The maximum absolute atomic E-state index is 5.25. The van der Waals surface area contributed by atoms with Gasteiger partial charge in [0.2, 0.25) is 0 Å². The number of nitrogens with zero attached hydrogens (tertiary/aromatic N) is 8. The van der Waals surface area contributed by atoms with E-state index in [0.29, 0.717) is 0 Å². The topological polar surface area (TPSA) is 71.3 Å². The second kappa shape index (κ2) is 26.0. The van der Waals surface area contributed by atoms with E-state index in [2.05, 4.69) is 364 Å². The van der Waals surface area contributed by atoms with Crippen LogP contribution in [0.25, 0.3) is 231 Å². The predicted molar refractivity (Wildman–Crippen MR) is 486 cm³/mol. The van der Waals surface area contributed by atoms with Crippen LogP contribution in [-0.4, -0.2) is 38.2 Å². The number of aromatic nitrogens is 8. The highest BCUT2D eigenvalue weighted by atomic mass is 15.0. The highest BCUT2D eigenvalue weighted by Gasteiger charge is 2.24. The molecule has 6 heterocycles. The Morgan fingerprint density at radius 3 is 0.767 bits per heavy atom. The zero-order chi connectivity index (χ0) is 76.1. The van der Waals surface area contributed by atoms with Gasteiger partial charge in [-0.1, -0.05) is 249 Å². The molecule has 0 aliphatic carbocycles. The largest absolute Gasteiger partial charge is 0.309 e. The molecule has 538 valence electrons. The van der Waals surface area contributed by atoms with Gasteiger partial charge in [-0.05, 0) is 206 Å². The molecule has 0 spiro atoms. The van der Waals surface area contributed by atoms with Crippen molar-refractivity contribution in [3.8, 4) is 67.8 Å². The highest BCUT2D eigenvalue weighted by Crippen LogP contribution is 2.45. The Morgan fingerprint density at radius 2 is 0.388 bits per heavy atom. The lowest BCUT2D eigenvalue weighted by Gasteiger charge is -2.13. The molecule has 0 N–H and O–H groups in total. The quantitative estimate of drug-likeness (QED) is 0.152. The van der Waals surface area contributed by atoms with Crippen LogP contribution in [0.15, 0.2) is 400 Å². The molecule has 25 aromatic rings. The standard InChI is InChI=1S/C56H34N4.C52H32N4/c1-2-12-37-29-42(22-21-35(37)11-1)56-55(57-49-18-8-9-19-50(49)58-56)36-23-25-43(26-24-36)59-52-28-27-44(34-48(52)47-31-39-14-4-6-16-41(39)33-54(47)59)60-51-20-10-7-17-45(51)46-30-38-13-3-5-15-40(38)32-53(46)60;1-2-12-33(13-3-1)51-52(54-46-20-10-9-19-45(46)53-51)34-22-24-39(25-23-34)55-48-27-26-40(32-44(48)43-29-36-15-5-7-17-38(36)31-50(43)55)56-47-21-11-8-18-41(47)42-28-35-14-4-6-16-37(35)30-49(42)56/h1-34H;1-32H. The van der Waals surface area contributed by atoms with E-state index in [9.17, 15) is 0 Å². The summed E-state index contributed by atoms with van der Waals surface area (Å²) in [6, 6.07) is 144. The Morgan fingerprint density at radius 1 is 0.138 bits per heavy atom. The summed E-state index contributed by atoms with van der Waals surface area (Å²) in [6.07, 6.45) is 0. The van der Waals surface area contributed by atoms with Crippen molar-refractivity contribution >= 4 is 163 Å². The summed E-state index contributed by atoms with van der Waals surface area (Å²) >= 11 is 0. The number of benzene rings is 19. The van der Waals surface area contributed by atoms with Crippen molar-refractivity contribution in [2.45, 2.75) is 0 Å². The summed E-state index contributed by atoms with van der Waals surface area (Å²) < 4.78 is 9.70. The van der Waals surface area contributed by atoms with Gasteiger partial charge < -0.3 is 18.3 Å². The van der Waals surface area contributed by atoms with Gasteiger partial charge in [0.05, 0.1) is 89.0 Å². The number of rotatable bonds is 8. The lowest BCUT2D eigenvalue weighted by atomic mass is 10.0. The van der Waals surface area contributed by atoms with Crippen molar-refractivity contribution in [2.24, 2.45) is 0 Å². The zero-order valence-electron chi connectivity index (χ0n) is 62.7. The first-order chi connectivity index (χ1) is 57.5. The molecule has 0 amide bonds. The summed E-state index contributed by atoms with van der Waals surface area (Å²) in [6.45, 7) is 0. The van der Waals surface area contributed by atoms with Crippen LogP contribution in [0.3, 0.4) is 0 Å². The molecule has 8 nitrogen and oxygen atoms in total. The highest BCUT2D eigenvalue weighted by molar-refractivity contribution is 6.19. The van der Waals surface area contributed by atoms with Crippen LogP contribution in [0.2, 0.25) is 0 Å². The number of fused-ring (bicyclic) bond motifs is 19. The Hall–Kier alpha value is -15.6. The van der Waals surface area contributed by atoms with Gasteiger partial charge in [-0.15, -0.1) is 0 Å². The first kappa shape index (κ1) is 65.1. The van der Waals surface area contributed by atoms with Crippen LogP contribution >= 0.6 is 0 Å². The average Bonchev–Trinajstić information content (AvgIpc) is 1.57. The first-order valence-electron chi connectivity index (χ1n) is 39.6. The number of para-hydroxylation sites is 6. The Balaban J connectivity index is 0.000000134. The van der Waals surface area contributed by atoms with Gasteiger partial charge in [-0.25, -0.2) is 19.9 Å². The van der Waals surface area contributed by atoms with Crippen molar-refractivity contribution in [3.63, 3.8) is 0 Å².